The molecule has 1 heteroatoms. The number of nitrogens with zero attached hydrogens (tertiary/aromatic N) is 1. The third kappa shape index (κ3) is 1.35. The molecule has 1 nitrogen and oxygen atoms in total. The fourth-order valence-corrected chi connectivity index (χ4v) is 2.61. The Hall–Kier alpha value is -1.63. The zero-order chi connectivity index (χ0) is 11.2. The van der Waals surface area contributed by atoms with Gasteiger partial charge in [-0.25, -0.2) is 0 Å². The van der Waals surface area contributed by atoms with E-state index in [0.717, 1.165) is 11.8 Å². The van der Waals surface area contributed by atoms with Crippen LogP contribution in [0.25, 0.3) is 6.08 Å². The second kappa shape index (κ2) is 3.18. The first-order valence-corrected chi connectivity index (χ1v) is 5.72. The molecule has 1 aromatic rings. The van der Waals surface area contributed by atoms with E-state index in [-0.39, 0.29) is 5.41 Å². The molecule has 0 fully saturated rings. The van der Waals surface area contributed by atoms with Gasteiger partial charge in [-0.05, 0) is 30.7 Å². The van der Waals surface area contributed by atoms with Crippen molar-refractivity contribution in [2.24, 2.45) is 10.4 Å². The van der Waals surface area contributed by atoms with Crippen LogP contribution < -0.4 is 10.6 Å². The van der Waals surface area contributed by atoms with Gasteiger partial charge in [0.2, 0.25) is 0 Å². The smallest absolute Gasteiger partial charge is 0.0702 e. The van der Waals surface area contributed by atoms with Crippen molar-refractivity contribution in [3.63, 3.8) is 0 Å². The highest BCUT2D eigenvalue weighted by Crippen LogP contribution is 2.39. The number of rotatable bonds is 0. The molecule has 3 rings (SSSR count). The van der Waals surface area contributed by atoms with Crippen LogP contribution in [-0.4, -0.2) is 0 Å². The first kappa shape index (κ1) is 9.59. The lowest BCUT2D eigenvalue weighted by atomic mass is 9.76. The minimum atomic E-state index is 0.0905. The van der Waals surface area contributed by atoms with Crippen LogP contribution >= 0.6 is 0 Å². The van der Waals surface area contributed by atoms with E-state index >= 15 is 0 Å². The van der Waals surface area contributed by atoms with Gasteiger partial charge >= 0.3 is 0 Å². The highest BCUT2D eigenvalue weighted by atomic mass is 14.8. The summed E-state index contributed by atoms with van der Waals surface area (Å²) < 4.78 is 0. The molecule has 80 valence electrons. The topological polar surface area (TPSA) is 12.4 Å². The number of fused-ring (bicyclic) bond motifs is 2. The van der Waals surface area contributed by atoms with Crippen LogP contribution in [0, 0.1) is 5.41 Å². The quantitative estimate of drug-likeness (QED) is 0.622. The normalized spacial score (nSPS) is 26.6. The molecule has 0 spiro atoms. The highest BCUT2D eigenvalue weighted by molar-refractivity contribution is 5.48. The summed E-state index contributed by atoms with van der Waals surface area (Å²) in [5, 5.41) is 2.36. The number of hydrogen-bond donors (Lipinski definition) is 0. The molecule has 0 N–H and O–H groups in total. The number of benzene rings is 1. The molecule has 0 amide bonds. The van der Waals surface area contributed by atoms with E-state index in [1.807, 2.05) is 6.07 Å². The molecule has 0 saturated heterocycles. The summed E-state index contributed by atoms with van der Waals surface area (Å²) in [7, 11) is 0. The maximum absolute atomic E-state index is 4.76. The SMILES string of the molecule is CC1=CC=C2N=c3ccccc3=C[C@@]2(C)C1. The lowest BCUT2D eigenvalue weighted by Crippen LogP contribution is -2.35. The summed E-state index contributed by atoms with van der Waals surface area (Å²) in [6.07, 6.45) is 7.78. The van der Waals surface area contributed by atoms with Crippen molar-refractivity contribution >= 4 is 6.08 Å². The average molecular weight is 209 g/mol. The fourth-order valence-electron chi connectivity index (χ4n) is 2.61. The van der Waals surface area contributed by atoms with Gasteiger partial charge in [-0.1, -0.05) is 42.8 Å². The van der Waals surface area contributed by atoms with Crippen LogP contribution in [0.5, 0.6) is 0 Å². The monoisotopic (exact) mass is 209 g/mol. The van der Waals surface area contributed by atoms with E-state index in [9.17, 15) is 0 Å². The Morgan fingerprint density at radius 2 is 2.00 bits per heavy atom. The van der Waals surface area contributed by atoms with Crippen molar-refractivity contribution in [3.05, 3.63) is 58.3 Å². The van der Waals surface area contributed by atoms with Gasteiger partial charge in [-0.2, -0.15) is 0 Å². The third-order valence-electron chi connectivity index (χ3n) is 3.41. The fraction of sp³-hybridized carbons (Fsp3) is 0.267. The molecule has 0 radical (unpaired) electrons. The van der Waals surface area contributed by atoms with Gasteiger partial charge in [0, 0.05) is 5.41 Å². The largest absolute Gasteiger partial charge is 0.252 e. The number of para-hydroxylation sites is 1. The van der Waals surface area contributed by atoms with E-state index < -0.39 is 0 Å². The van der Waals surface area contributed by atoms with Gasteiger partial charge in [-0.3, -0.25) is 4.99 Å². The van der Waals surface area contributed by atoms with Crippen LogP contribution in [0.3, 0.4) is 0 Å². The average Bonchev–Trinajstić information content (AvgIpc) is 2.25. The molecular formula is C15H15N. The van der Waals surface area contributed by atoms with E-state index in [1.54, 1.807) is 0 Å². The van der Waals surface area contributed by atoms with Crippen LogP contribution in [0.2, 0.25) is 0 Å². The Labute approximate surface area is 95.5 Å². The van der Waals surface area contributed by atoms with Gasteiger partial charge in [0.1, 0.15) is 0 Å². The Balaban J connectivity index is 2.31. The number of allylic oxidation sites excluding steroid dienone is 4. The van der Waals surface area contributed by atoms with Gasteiger partial charge < -0.3 is 0 Å². The predicted molar refractivity (Wildman–Crippen MR) is 66.3 cm³/mol. The maximum atomic E-state index is 4.76. The van der Waals surface area contributed by atoms with Gasteiger partial charge in [0.25, 0.3) is 0 Å². The van der Waals surface area contributed by atoms with E-state index in [2.05, 4.69) is 50.3 Å². The third-order valence-corrected chi connectivity index (χ3v) is 3.41. The molecule has 2 aliphatic rings. The zero-order valence-corrected chi connectivity index (χ0v) is 9.70. The molecule has 1 atom stereocenters. The zero-order valence-electron chi connectivity index (χ0n) is 9.70. The molecule has 0 saturated carbocycles. The summed E-state index contributed by atoms with van der Waals surface area (Å²) >= 11 is 0. The van der Waals surface area contributed by atoms with Crippen LogP contribution in [0.15, 0.2) is 52.7 Å². The standard InChI is InChI=1S/C15H15N/c1-11-7-8-14-15(2,9-11)10-12-5-3-4-6-13(12)16-14/h3-8,10H,9H2,1-2H3/t15-/m1/s1. The first-order chi connectivity index (χ1) is 7.67. The first-order valence-electron chi connectivity index (χ1n) is 5.72. The maximum Gasteiger partial charge on any atom is 0.0702 e. The Kier molecular flexibility index (Phi) is 1.90. The molecule has 0 unspecified atom stereocenters. The lowest BCUT2D eigenvalue weighted by molar-refractivity contribution is 0.520. The number of hydrogen-bond acceptors (Lipinski definition) is 1. The van der Waals surface area contributed by atoms with Crippen molar-refractivity contribution < 1.29 is 0 Å². The highest BCUT2D eigenvalue weighted by Gasteiger charge is 2.30. The van der Waals surface area contributed by atoms with Crippen molar-refractivity contribution in [1.82, 2.24) is 0 Å². The van der Waals surface area contributed by atoms with Gasteiger partial charge in [-0.15, -0.1) is 0 Å². The second-order valence-corrected chi connectivity index (χ2v) is 4.97. The molecule has 0 bridgehead atoms. The summed E-state index contributed by atoms with van der Waals surface area (Å²) in [5.41, 5.74) is 2.71. The molecule has 16 heavy (non-hydrogen) atoms. The van der Waals surface area contributed by atoms with Crippen LogP contribution in [-0.2, 0) is 0 Å². The predicted octanol–water partition coefficient (Wildman–Crippen LogP) is 2.34. The second-order valence-electron chi connectivity index (χ2n) is 4.97. The van der Waals surface area contributed by atoms with Gasteiger partial charge in [0.05, 0.1) is 11.1 Å². The van der Waals surface area contributed by atoms with Crippen LogP contribution in [0.4, 0.5) is 0 Å². The van der Waals surface area contributed by atoms with E-state index in [1.165, 1.54) is 16.5 Å². The Morgan fingerprint density at radius 1 is 1.19 bits per heavy atom. The molecule has 1 aliphatic carbocycles. The summed E-state index contributed by atoms with van der Waals surface area (Å²) in [6.45, 7) is 4.46. The molecule has 0 aromatic heterocycles. The van der Waals surface area contributed by atoms with Crippen molar-refractivity contribution in [2.75, 3.05) is 0 Å². The van der Waals surface area contributed by atoms with Gasteiger partial charge in [0.15, 0.2) is 0 Å². The van der Waals surface area contributed by atoms with E-state index in [4.69, 9.17) is 4.99 Å². The van der Waals surface area contributed by atoms with Crippen LogP contribution in [0.1, 0.15) is 20.3 Å². The minimum absolute atomic E-state index is 0.0905. The molecule has 1 heterocycles. The van der Waals surface area contributed by atoms with Crippen molar-refractivity contribution in [1.29, 1.82) is 0 Å². The summed E-state index contributed by atoms with van der Waals surface area (Å²) in [6, 6.07) is 8.35. The van der Waals surface area contributed by atoms with E-state index in [0.29, 0.717) is 0 Å². The Morgan fingerprint density at radius 3 is 2.88 bits per heavy atom. The summed E-state index contributed by atoms with van der Waals surface area (Å²) in [5.74, 6) is 0. The lowest BCUT2D eigenvalue weighted by Gasteiger charge is -2.31. The molecular weight excluding hydrogens is 194 g/mol. The molecule has 1 aliphatic heterocycles. The van der Waals surface area contributed by atoms with Crippen molar-refractivity contribution in [2.45, 2.75) is 20.3 Å². The minimum Gasteiger partial charge on any atom is -0.252 e. The van der Waals surface area contributed by atoms with Crippen molar-refractivity contribution in [3.8, 4) is 0 Å². The Bertz CT molecular complexity index is 619. The molecule has 1 aromatic carbocycles. The summed E-state index contributed by atoms with van der Waals surface area (Å²) in [4.78, 5) is 4.76.